The van der Waals surface area contributed by atoms with Crippen LogP contribution in [0.4, 0.5) is 20.6 Å². The van der Waals surface area contributed by atoms with Gasteiger partial charge in [-0.25, -0.2) is 9.18 Å². The Morgan fingerprint density at radius 2 is 1.62 bits per heavy atom. The minimum absolute atomic E-state index is 0.0311. The van der Waals surface area contributed by atoms with Crippen molar-refractivity contribution in [1.29, 1.82) is 0 Å². The largest absolute Gasteiger partial charge is 0.497 e. The third-order valence-electron chi connectivity index (χ3n) is 4.07. The molecule has 0 bridgehead atoms. The van der Waals surface area contributed by atoms with Crippen LogP contribution >= 0.6 is 0 Å². The van der Waals surface area contributed by atoms with Gasteiger partial charge in [0.2, 0.25) is 0 Å². The number of benzene rings is 2. The van der Waals surface area contributed by atoms with Crippen LogP contribution in [0.3, 0.4) is 0 Å². The molecule has 0 aliphatic rings. The van der Waals surface area contributed by atoms with Gasteiger partial charge < -0.3 is 20.3 Å². The van der Waals surface area contributed by atoms with Crippen LogP contribution in [0.25, 0.3) is 0 Å². The Morgan fingerprint density at radius 1 is 0.966 bits per heavy atom. The van der Waals surface area contributed by atoms with E-state index in [0.717, 1.165) is 0 Å². The summed E-state index contributed by atoms with van der Waals surface area (Å²) in [6.45, 7) is 2.28. The lowest BCUT2D eigenvalue weighted by atomic mass is 10.3. The van der Waals surface area contributed by atoms with Crippen molar-refractivity contribution in [2.75, 3.05) is 37.4 Å². The minimum Gasteiger partial charge on any atom is -0.497 e. The van der Waals surface area contributed by atoms with E-state index in [1.165, 1.54) is 18.2 Å². The molecule has 0 aliphatic heterocycles. The third kappa shape index (κ3) is 7.23. The molecule has 2 rings (SSSR count). The number of imide groups is 1. The van der Waals surface area contributed by atoms with Gasteiger partial charge in [0.1, 0.15) is 11.6 Å². The van der Waals surface area contributed by atoms with E-state index in [2.05, 4.69) is 16.0 Å². The van der Waals surface area contributed by atoms with Crippen LogP contribution in [0, 0.1) is 5.82 Å². The Balaban J connectivity index is 1.81. The maximum absolute atomic E-state index is 13.5. The smallest absolute Gasteiger partial charge is 0.326 e. The van der Waals surface area contributed by atoms with E-state index in [1.54, 1.807) is 37.4 Å². The number of ether oxygens (including phenoxy) is 1. The lowest BCUT2D eigenvalue weighted by molar-refractivity contribution is -0.881. The first-order valence-electron chi connectivity index (χ1n) is 9.04. The number of nitrogens with one attached hydrogen (secondary N) is 4. The van der Waals surface area contributed by atoms with E-state index in [0.29, 0.717) is 22.9 Å². The van der Waals surface area contributed by atoms with Crippen LogP contribution in [-0.4, -0.2) is 44.6 Å². The van der Waals surface area contributed by atoms with Crippen LogP contribution < -0.4 is 25.6 Å². The highest BCUT2D eigenvalue weighted by Crippen LogP contribution is 2.14. The second-order valence-corrected chi connectivity index (χ2v) is 6.22. The molecule has 2 aromatic rings. The summed E-state index contributed by atoms with van der Waals surface area (Å²) in [6, 6.07) is 11.7. The van der Waals surface area contributed by atoms with Crippen LogP contribution in [-0.2, 0) is 9.59 Å². The first-order valence-corrected chi connectivity index (χ1v) is 9.04. The summed E-state index contributed by atoms with van der Waals surface area (Å²) < 4.78 is 18.6. The quantitative estimate of drug-likeness (QED) is 0.529. The monoisotopic (exact) mass is 403 g/mol. The number of quaternary nitrogens is 1. The fourth-order valence-corrected chi connectivity index (χ4v) is 2.53. The number of hydrogen-bond donors (Lipinski definition) is 4. The summed E-state index contributed by atoms with van der Waals surface area (Å²) >= 11 is 0. The van der Waals surface area contributed by atoms with E-state index in [-0.39, 0.29) is 24.7 Å². The van der Waals surface area contributed by atoms with Gasteiger partial charge in [0, 0.05) is 5.69 Å². The van der Waals surface area contributed by atoms with Gasteiger partial charge in [0.15, 0.2) is 13.1 Å². The number of carbonyl (C=O) groups is 3. The van der Waals surface area contributed by atoms with E-state index in [4.69, 9.17) is 4.74 Å². The molecule has 0 spiro atoms. The van der Waals surface area contributed by atoms with Gasteiger partial charge in [0.25, 0.3) is 11.8 Å². The van der Waals surface area contributed by atoms with Crippen molar-refractivity contribution < 1.29 is 28.4 Å². The second-order valence-electron chi connectivity index (χ2n) is 6.22. The van der Waals surface area contributed by atoms with Crippen LogP contribution in [0.2, 0.25) is 0 Å². The number of hydrogen-bond acceptors (Lipinski definition) is 4. The molecule has 0 radical (unpaired) electrons. The third-order valence-corrected chi connectivity index (χ3v) is 4.07. The van der Waals surface area contributed by atoms with Crippen LogP contribution in [0.5, 0.6) is 5.75 Å². The predicted octanol–water partition coefficient (Wildman–Crippen LogP) is 1.03. The van der Waals surface area contributed by atoms with E-state index in [1.807, 2.05) is 6.92 Å². The number of methoxy groups -OCH3 is 1. The molecule has 1 unspecified atom stereocenters. The van der Waals surface area contributed by atoms with Crippen molar-refractivity contribution in [3.63, 3.8) is 0 Å². The maximum atomic E-state index is 13.5. The van der Waals surface area contributed by atoms with Crippen molar-refractivity contribution in [3.8, 4) is 5.75 Å². The Hall–Kier alpha value is -3.46. The number of amides is 4. The molecule has 0 aliphatic carbocycles. The second kappa shape index (κ2) is 10.8. The zero-order chi connectivity index (χ0) is 21.2. The molecular formula is C20H24FN4O4+. The molecule has 2 aromatic carbocycles. The lowest BCUT2D eigenvalue weighted by Gasteiger charge is -2.17. The molecule has 9 heteroatoms. The average molecular weight is 403 g/mol. The van der Waals surface area contributed by atoms with Gasteiger partial charge in [0.05, 0.1) is 19.3 Å². The summed E-state index contributed by atoms with van der Waals surface area (Å²) in [6.07, 6.45) is 0. The number of halogens is 1. The summed E-state index contributed by atoms with van der Waals surface area (Å²) in [7, 11) is 1.55. The van der Waals surface area contributed by atoms with Crippen LogP contribution in [0.15, 0.2) is 48.5 Å². The number of rotatable bonds is 8. The van der Waals surface area contributed by atoms with E-state index in [9.17, 15) is 18.8 Å². The fourth-order valence-electron chi connectivity index (χ4n) is 2.53. The summed E-state index contributed by atoms with van der Waals surface area (Å²) in [5.41, 5.74) is 0.580. The summed E-state index contributed by atoms with van der Waals surface area (Å²) in [5, 5.41) is 7.15. The summed E-state index contributed by atoms with van der Waals surface area (Å²) in [4.78, 5) is 36.8. The minimum atomic E-state index is -0.835. The van der Waals surface area contributed by atoms with Gasteiger partial charge >= 0.3 is 6.03 Å². The molecule has 0 fully saturated rings. The Morgan fingerprint density at radius 3 is 2.24 bits per heavy atom. The van der Waals surface area contributed by atoms with Gasteiger partial charge in [-0.3, -0.25) is 14.9 Å². The highest BCUT2D eigenvalue weighted by molar-refractivity contribution is 6.01. The Labute approximate surface area is 168 Å². The van der Waals surface area contributed by atoms with Crippen molar-refractivity contribution in [2.45, 2.75) is 6.92 Å². The summed E-state index contributed by atoms with van der Waals surface area (Å²) in [5.74, 6) is -0.774. The SMILES string of the molecule is CC[NH+](CC(=O)NC(=O)Nc1ccccc1F)CC(=O)Nc1ccc(OC)cc1. The predicted molar refractivity (Wildman–Crippen MR) is 106 cm³/mol. The molecular weight excluding hydrogens is 379 g/mol. The van der Waals surface area contributed by atoms with Crippen molar-refractivity contribution >= 4 is 29.2 Å². The van der Waals surface area contributed by atoms with Crippen molar-refractivity contribution in [3.05, 3.63) is 54.3 Å². The zero-order valence-corrected chi connectivity index (χ0v) is 16.3. The lowest BCUT2D eigenvalue weighted by Crippen LogP contribution is -3.14. The Kier molecular flexibility index (Phi) is 8.11. The van der Waals surface area contributed by atoms with Gasteiger partial charge in [-0.05, 0) is 43.3 Å². The topological polar surface area (TPSA) is 101 Å². The molecule has 0 heterocycles. The normalized spacial score (nSPS) is 11.3. The Bertz CT molecular complexity index is 858. The van der Waals surface area contributed by atoms with Crippen LogP contribution in [0.1, 0.15) is 6.92 Å². The van der Waals surface area contributed by atoms with Gasteiger partial charge in [-0.2, -0.15) is 0 Å². The first kappa shape index (κ1) is 21.8. The van der Waals surface area contributed by atoms with Gasteiger partial charge in [-0.15, -0.1) is 0 Å². The highest BCUT2D eigenvalue weighted by Gasteiger charge is 2.19. The number of carbonyl (C=O) groups excluding carboxylic acids is 3. The maximum Gasteiger partial charge on any atom is 0.326 e. The molecule has 0 saturated heterocycles. The van der Waals surface area contributed by atoms with Crippen molar-refractivity contribution in [2.24, 2.45) is 0 Å². The molecule has 8 nitrogen and oxygen atoms in total. The number of anilines is 2. The molecule has 29 heavy (non-hydrogen) atoms. The van der Waals surface area contributed by atoms with E-state index < -0.39 is 17.8 Å². The first-order chi connectivity index (χ1) is 13.9. The highest BCUT2D eigenvalue weighted by atomic mass is 19.1. The average Bonchev–Trinajstić information content (AvgIpc) is 2.69. The fraction of sp³-hybridized carbons (Fsp3) is 0.250. The molecule has 0 saturated carbocycles. The molecule has 4 N–H and O–H groups in total. The molecule has 0 aromatic heterocycles. The molecule has 1 atom stereocenters. The zero-order valence-electron chi connectivity index (χ0n) is 16.3. The molecule has 4 amide bonds. The number of para-hydroxylation sites is 1. The van der Waals surface area contributed by atoms with Crippen molar-refractivity contribution in [1.82, 2.24) is 5.32 Å². The van der Waals surface area contributed by atoms with Gasteiger partial charge in [-0.1, -0.05) is 12.1 Å². The van der Waals surface area contributed by atoms with E-state index >= 15 is 0 Å². The number of likely N-dealkylation sites (N-methyl/N-ethyl adjacent to an activating group) is 1. The number of urea groups is 1. The standard InChI is InChI=1S/C20H23FN4O4/c1-3-25(12-18(26)22-14-8-10-15(29-2)11-9-14)13-19(27)24-20(28)23-17-7-5-4-6-16(17)21/h4-11H,3,12-13H2,1-2H3,(H,22,26)(H2,23,24,27,28)/p+1. The molecule has 154 valence electrons.